The van der Waals surface area contributed by atoms with Crippen molar-refractivity contribution in [1.82, 2.24) is 42.9 Å². The van der Waals surface area contributed by atoms with Crippen LogP contribution in [-0.4, -0.2) is 177 Å². The van der Waals surface area contributed by atoms with Gasteiger partial charge >= 0.3 is 52.0 Å². The summed E-state index contributed by atoms with van der Waals surface area (Å²) in [6.07, 6.45) is 12.3. The number of H-pyrrole nitrogens is 3. The second kappa shape index (κ2) is 23.8. The first-order chi connectivity index (χ1) is 31.9. The number of methoxy groups -OCH3 is 6. The van der Waals surface area contributed by atoms with E-state index in [4.69, 9.17) is 43.7 Å². The number of nitrogens with zero attached hydrogens (tertiary/aromatic N) is 9. The number of rotatable bonds is 24. The van der Waals surface area contributed by atoms with E-state index in [-0.39, 0.29) is 70.2 Å². The van der Waals surface area contributed by atoms with Gasteiger partial charge in [-0.3, -0.25) is 13.8 Å². The van der Waals surface area contributed by atoms with Crippen molar-refractivity contribution >= 4 is 52.0 Å². The van der Waals surface area contributed by atoms with Crippen molar-refractivity contribution in [2.45, 2.75) is 116 Å². The van der Waals surface area contributed by atoms with E-state index in [2.05, 4.69) is 167 Å². The summed E-state index contributed by atoms with van der Waals surface area (Å²) in [5.41, 5.74) is 5.19. The Morgan fingerprint density at radius 1 is 0.362 bits per heavy atom. The van der Waals surface area contributed by atoms with Crippen LogP contribution in [0.15, 0.2) is 73.6 Å². The summed E-state index contributed by atoms with van der Waals surface area (Å²) in [4.78, 5) is 0. The maximum atomic E-state index is 5.46. The zero-order chi connectivity index (χ0) is 50.3. The van der Waals surface area contributed by atoms with Gasteiger partial charge in [0.1, 0.15) is 0 Å². The van der Waals surface area contributed by atoms with Crippen LogP contribution in [0.3, 0.4) is 0 Å². The van der Waals surface area contributed by atoms with E-state index in [9.17, 15) is 0 Å². The zero-order valence-electron chi connectivity index (χ0n) is 45.3. The van der Waals surface area contributed by atoms with Crippen LogP contribution >= 0.6 is 0 Å². The molecule has 0 aliphatic carbocycles. The molecule has 0 saturated carbocycles. The van der Waals surface area contributed by atoms with Crippen LogP contribution in [0.2, 0.25) is 0 Å². The molecule has 0 unspecified atom stereocenters. The summed E-state index contributed by atoms with van der Waals surface area (Å²) in [5, 5.41) is 25.8. The number of aromatic amines is 3. The van der Waals surface area contributed by atoms with Gasteiger partial charge in [0.25, 0.3) is 0 Å². The maximum Gasteiger partial charge on any atom is 2.00 e. The molecule has 0 saturated heterocycles. The molecular formula is C48H83B2CaN12O6+3. The Labute approximate surface area is 441 Å². The van der Waals surface area contributed by atoms with Crippen molar-refractivity contribution in [1.29, 1.82) is 0 Å². The third-order valence-corrected chi connectivity index (χ3v) is 13.1. The summed E-state index contributed by atoms with van der Waals surface area (Å²) >= 11 is 0. The van der Waals surface area contributed by atoms with Crippen molar-refractivity contribution in [3.05, 3.63) is 108 Å². The van der Waals surface area contributed by atoms with Gasteiger partial charge < -0.3 is 42.2 Å². The predicted octanol–water partition coefficient (Wildman–Crippen LogP) is 3.30. The van der Waals surface area contributed by atoms with Crippen molar-refractivity contribution in [3.8, 4) is 0 Å². The summed E-state index contributed by atoms with van der Waals surface area (Å²) in [7, 11) is 7.53. The van der Waals surface area contributed by atoms with E-state index in [1.54, 1.807) is 42.7 Å². The summed E-state index contributed by atoms with van der Waals surface area (Å²) in [5.74, 6) is 0. The third kappa shape index (κ3) is 13.9. The fourth-order valence-electron chi connectivity index (χ4n) is 9.01. The minimum atomic E-state index is -1.50. The van der Waals surface area contributed by atoms with E-state index in [0.717, 1.165) is 34.2 Å². The first-order valence-corrected chi connectivity index (χ1v) is 23.7. The number of hydrogen-bond acceptors (Lipinski definition) is 9. The monoisotopic (exact) mass is 986 g/mol. The Hall–Kier alpha value is -3.59. The zero-order valence-corrected chi connectivity index (χ0v) is 47.5. The van der Waals surface area contributed by atoms with Gasteiger partial charge in [0, 0.05) is 95.7 Å². The number of ether oxygens (including phenoxy) is 6. The molecule has 0 aromatic carbocycles. The Bertz CT molecular complexity index is 2050. The molecule has 6 rings (SSSR count). The molecule has 6 heterocycles. The average molecular weight is 986 g/mol. The third-order valence-electron chi connectivity index (χ3n) is 13.1. The summed E-state index contributed by atoms with van der Waals surface area (Å²) in [6.45, 7) is 29.5. The average Bonchev–Trinajstić information content (AvgIpc) is 4.11. The van der Waals surface area contributed by atoms with E-state index < -0.39 is 14.2 Å². The minimum Gasteiger partial charge on any atom is -0.403 e. The molecule has 0 amide bonds. The summed E-state index contributed by atoms with van der Waals surface area (Å²) in [6, 6.07) is 12.6. The van der Waals surface area contributed by atoms with Crippen molar-refractivity contribution in [2.75, 3.05) is 82.3 Å². The molecular weight excluding hydrogens is 902 g/mol. The molecule has 6 aromatic heterocycles. The van der Waals surface area contributed by atoms with E-state index in [0.29, 0.717) is 39.6 Å². The number of nitrogens with one attached hydrogen (secondary N) is 3. The molecule has 0 aliphatic heterocycles. The SMILES string of the molecule is COCC(C)(C)c1ccn([BH-](n2ccc(C(C)(C)COC)[nH+]2)n2ccc(C(C)(C)COC)[nH+]2)[nH+]1.COCC(C)(C)c1ccn([BH-](n2ccc(C(C)(C)COC)n2)n2ccc(C(C)(C)COC)n2)n1.[Ca+2]. The van der Waals surface area contributed by atoms with E-state index in [1.165, 1.54) is 0 Å². The quantitative estimate of drug-likeness (QED) is 0.0828. The Morgan fingerprint density at radius 2 is 0.594 bits per heavy atom. The van der Waals surface area contributed by atoms with Crippen LogP contribution in [-0.2, 0) is 60.9 Å². The number of aromatic nitrogens is 12. The first kappa shape index (κ1) is 58.0. The molecule has 0 bridgehead atoms. The molecule has 6 aromatic rings. The minimum absolute atomic E-state index is 0. The maximum absolute atomic E-state index is 5.46. The Balaban J connectivity index is 0.000000296. The molecule has 0 atom stereocenters. The topological polar surface area (TPSA) is 166 Å². The summed E-state index contributed by atoms with van der Waals surface area (Å²) < 4.78 is 45.1. The van der Waals surface area contributed by atoms with Gasteiger partial charge in [0.15, 0.2) is 0 Å². The van der Waals surface area contributed by atoms with Crippen molar-refractivity contribution in [3.63, 3.8) is 0 Å². The molecule has 376 valence electrons. The van der Waals surface area contributed by atoms with Gasteiger partial charge in [-0.05, 0) is 78.3 Å². The standard InChI is InChI=1S/2C24H40BN6O3.Ca/c2*1-22(2,16-32-7)19-10-13-29(26-19)25(30-14-11-20(27-30)23(3,4)17-33-8)31-15-12-21(28-31)24(5,6)18-34-9;/h2*10-15,25H,16-18H2,1-9H3;/q2*-1;+2/p+3. The largest absolute Gasteiger partial charge is 2.00 e. The molecule has 69 heavy (non-hydrogen) atoms. The Kier molecular flexibility index (Phi) is 20.0. The fraction of sp³-hybridized carbons (Fsp3) is 0.625. The van der Waals surface area contributed by atoms with E-state index >= 15 is 0 Å². The van der Waals surface area contributed by atoms with Gasteiger partial charge in [-0.15, -0.1) is 0 Å². The molecule has 0 spiro atoms. The van der Waals surface area contributed by atoms with Gasteiger partial charge in [-0.1, -0.05) is 41.5 Å². The van der Waals surface area contributed by atoms with Crippen LogP contribution in [0.1, 0.15) is 117 Å². The second-order valence-electron chi connectivity index (χ2n) is 22.4. The smallest absolute Gasteiger partial charge is 0.403 e. The molecule has 0 aliphatic rings. The molecule has 0 fully saturated rings. The molecule has 18 nitrogen and oxygen atoms in total. The van der Waals surface area contributed by atoms with Gasteiger partial charge in [-0.25, -0.2) is 15.3 Å². The van der Waals surface area contributed by atoms with E-state index in [1.807, 2.05) is 32.4 Å². The molecule has 3 N–H and O–H groups in total. The molecule has 21 heteroatoms. The van der Waals surface area contributed by atoms with Crippen LogP contribution in [0, 0.1) is 0 Å². The van der Waals surface area contributed by atoms with Crippen molar-refractivity contribution < 1.29 is 43.7 Å². The van der Waals surface area contributed by atoms with Crippen LogP contribution in [0.25, 0.3) is 0 Å². The van der Waals surface area contributed by atoms with Crippen LogP contribution in [0.4, 0.5) is 0 Å². The number of hydrogen-bond donors (Lipinski definition) is 0. The second-order valence-corrected chi connectivity index (χ2v) is 22.4. The van der Waals surface area contributed by atoms with Gasteiger partial charge in [0.2, 0.25) is 17.1 Å². The van der Waals surface area contributed by atoms with Crippen LogP contribution in [0.5, 0.6) is 0 Å². The molecule has 0 radical (unpaired) electrons. The van der Waals surface area contributed by atoms with Crippen LogP contribution < -0.4 is 15.3 Å². The van der Waals surface area contributed by atoms with Crippen molar-refractivity contribution in [2.24, 2.45) is 0 Å². The Morgan fingerprint density at radius 3 is 0.826 bits per heavy atom. The van der Waals surface area contributed by atoms with Gasteiger partial charge in [-0.2, -0.15) is 15.3 Å². The first-order valence-electron chi connectivity index (χ1n) is 23.7. The van der Waals surface area contributed by atoms with Gasteiger partial charge in [0.05, 0.1) is 73.0 Å². The predicted molar refractivity (Wildman–Crippen MR) is 271 cm³/mol. The fourth-order valence-corrected chi connectivity index (χ4v) is 9.01. The normalized spacial score (nSPS) is 13.0.